The van der Waals surface area contributed by atoms with Gasteiger partial charge in [-0.15, -0.1) is 0 Å². The van der Waals surface area contributed by atoms with Gasteiger partial charge >= 0.3 is 6.03 Å². The third kappa shape index (κ3) is 6.22. The van der Waals surface area contributed by atoms with Crippen molar-refractivity contribution in [2.45, 2.75) is 25.8 Å². The van der Waals surface area contributed by atoms with Gasteiger partial charge in [0.05, 0.1) is 0 Å². The van der Waals surface area contributed by atoms with E-state index in [-0.39, 0.29) is 5.91 Å². The summed E-state index contributed by atoms with van der Waals surface area (Å²) in [4.78, 5) is 26.3. The zero-order valence-electron chi connectivity index (χ0n) is 15.6. The fourth-order valence-corrected chi connectivity index (χ4v) is 3.47. The number of piperidine rings is 1. The quantitative estimate of drug-likeness (QED) is 0.824. The van der Waals surface area contributed by atoms with E-state index in [2.05, 4.69) is 39.8 Å². The van der Waals surface area contributed by atoms with Crippen molar-refractivity contribution in [3.05, 3.63) is 71.8 Å². The molecule has 0 spiro atoms. The molecule has 0 atom stereocenters. The largest absolute Gasteiger partial charge is 0.338 e. The molecular weight excluding hydrogens is 338 g/mol. The second kappa shape index (κ2) is 9.88. The van der Waals surface area contributed by atoms with Gasteiger partial charge in [-0.2, -0.15) is 0 Å². The van der Waals surface area contributed by atoms with Crippen molar-refractivity contribution in [1.82, 2.24) is 15.5 Å². The lowest BCUT2D eigenvalue weighted by atomic mass is 9.93. The standard InChI is InChI=1S/C22H27N3O2/c26-21(20-9-5-2-6-10-20)24-22(27)23-14-11-18-12-15-25(16-13-18)17-19-7-3-1-4-8-19/h1-10,18H,11-17H2,(H2,23,24,26,27). The van der Waals surface area contributed by atoms with Gasteiger partial charge in [-0.25, -0.2) is 4.79 Å². The van der Waals surface area contributed by atoms with Crippen LogP contribution in [0, 0.1) is 5.92 Å². The SMILES string of the molecule is O=C(NCCC1CCN(Cc2ccccc2)CC1)NC(=O)c1ccccc1. The van der Waals surface area contributed by atoms with Crippen LogP contribution < -0.4 is 10.6 Å². The molecule has 2 aromatic carbocycles. The molecule has 1 saturated heterocycles. The van der Waals surface area contributed by atoms with Crippen molar-refractivity contribution in [2.24, 2.45) is 5.92 Å². The first-order chi connectivity index (χ1) is 13.2. The molecule has 5 heteroatoms. The summed E-state index contributed by atoms with van der Waals surface area (Å²) >= 11 is 0. The Hall–Kier alpha value is -2.66. The number of carbonyl (C=O) groups is 2. The highest BCUT2D eigenvalue weighted by Crippen LogP contribution is 2.21. The van der Waals surface area contributed by atoms with Crippen LogP contribution in [0.4, 0.5) is 4.79 Å². The summed E-state index contributed by atoms with van der Waals surface area (Å²) in [6.07, 6.45) is 3.25. The molecule has 1 heterocycles. The minimum atomic E-state index is -0.426. The molecule has 27 heavy (non-hydrogen) atoms. The first-order valence-electron chi connectivity index (χ1n) is 9.61. The lowest BCUT2D eigenvalue weighted by Gasteiger charge is -2.32. The van der Waals surface area contributed by atoms with Crippen LogP contribution in [0.5, 0.6) is 0 Å². The summed E-state index contributed by atoms with van der Waals surface area (Å²) in [5.74, 6) is 0.254. The molecule has 0 radical (unpaired) electrons. The number of amides is 3. The van der Waals surface area contributed by atoms with Gasteiger partial charge in [0.2, 0.25) is 0 Å². The van der Waals surface area contributed by atoms with Crippen LogP contribution in [0.15, 0.2) is 60.7 Å². The number of hydrogen-bond donors (Lipinski definition) is 2. The maximum atomic E-state index is 11.9. The summed E-state index contributed by atoms with van der Waals surface area (Å²) in [5, 5.41) is 5.17. The third-order valence-electron chi connectivity index (χ3n) is 5.06. The van der Waals surface area contributed by atoms with E-state index >= 15 is 0 Å². The van der Waals surface area contributed by atoms with E-state index in [1.807, 2.05) is 12.1 Å². The van der Waals surface area contributed by atoms with E-state index < -0.39 is 6.03 Å². The summed E-state index contributed by atoms with van der Waals surface area (Å²) in [5.41, 5.74) is 1.84. The second-order valence-corrected chi connectivity index (χ2v) is 7.07. The molecule has 0 aromatic heterocycles. The van der Waals surface area contributed by atoms with Gasteiger partial charge in [-0.05, 0) is 56.0 Å². The van der Waals surface area contributed by atoms with Crippen LogP contribution in [0.1, 0.15) is 35.2 Å². The smallest absolute Gasteiger partial charge is 0.321 e. The molecule has 142 valence electrons. The Bertz CT molecular complexity index is 726. The number of likely N-dealkylation sites (tertiary alicyclic amines) is 1. The Labute approximate surface area is 160 Å². The Balaban J connectivity index is 1.31. The fourth-order valence-electron chi connectivity index (χ4n) is 3.47. The number of urea groups is 1. The van der Waals surface area contributed by atoms with E-state index in [1.54, 1.807) is 24.3 Å². The average molecular weight is 365 g/mol. The first-order valence-corrected chi connectivity index (χ1v) is 9.61. The average Bonchev–Trinajstić information content (AvgIpc) is 2.71. The topological polar surface area (TPSA) is 61.4 Å². The Morgan fingerprint density at radius 3 is 2.22 bits per heavy atom. The van der Waals surface area contributed by atoms with Crippen molar-refractivity contribution < 1.29 is 9.59 Å². The molecule has 0 aliphatic carbocycles. The second-order valence-electron chi connectivity index (χ2n) is 7.07. The third-order valence-corrected chi connectivity index (χ3v) is 5.06. The molecule has 0 unspecified atom stereocenters. The number of benzene rings is 2. The molecule has 1 aliphatic rings. The van der Waals surface area contributed by atoms with E-state index in [0.29, 0.717) is 18.0 Å². The van der Waals surface area contributed by atoms with Gasteiger partial charge in [-0.3, -0.25) is 15.0 Å². The van der Waals surface area contributed by atoms with Gasteiger partial charge in [0, 0.05) is 18.7 Å². The minimum absolute atomic E-state index is 0.373. The molecule has 3 amide bonds. The van der Waals surface area contributed by atoms with Gasteiger partial charge < -0.3 is 5.32 Å². The Morgan fingerprint density at radius 1 is 0.926 bits per heavy atom. The van der Waals surface area contributed by atoms with Crippen LogP contribution in [0.25, 0.3) is 0 Å². The number of nitrogens with zero attached hydrogens (tertiary/aromatic N) is 1. The van der Waals surface area contributed by atoms with E-state index in [4.69, 9.17) is 0 Å². The zero-order valence-corrected chi connectivity index (χ0v) is 15.6. The summed E-state index contributed by atoms with van der Waals surface area (Å²) < 4.78 is 0. The van der Waals surface area contributed by atoms with Crippen LogP contribution in [0.2, 0.25) is 0 Å². The highest BCUT2D eigenvalue weighted by molar-refractivity contribution is 6.04. The number of rotatable bonds is 6. The minimum Gasteiger partial charge on any atom is -0.338 e. The normalized spacial score (nSPS) is 15.3. The molecule has 0 bridgehead atoms. The number of carbonyl (C=O) groups excluding carboxylic acids is 2. The van der Waals surface area contributed by atoms with Crippen LogP contribution in [-0.2, 0) is 6.54 Å². The molecule has 5 nitrogen and oxygen atoms in total. The number of hydrogen-bond acceptors (Lipinski definition) is 3. The van der Waals surface area contributed by atoms with Gasteiger partial charge in [0.25, 0.3) is 5.91 Å². The fraction of sp³-hybridized carbons (Fsp3) is 0.364. The molecule has 2 N–H and O–H groups in total. The van der Waals surface area contributed by atoms with Gasteiger partial charge in [0.15, 0.2) is 0 Å². The van der Waals surface area contributed by atoms with Crippen molar-refractivity contribution in [2.75, 3.05) is 19.6 Å². The van der Waals surface area contributed by atoms with Crippen molar-refractivity contribution in [3.63, 3.8) is 0 Å². The van der Waals surface area contributed by atoms with Crippen LogP contribution >= 0.6 is 0 Å². The highest BCUT2D eigenvalue weighted by Gasteiger charge is 2.19. The van der Waals surface area contributed by atoms with E-state index in [0.717, 1.165) is 38.9 Å². The monoisotopic (exact) mass is 365 g/mol. The maximum Gasteiger partial charge on any atom is 0.321 e. The highest BCUT2D eigenvalue weighted by atomic mass is 16.2. The van der Waals surface area contributed by atoms with Crippen LogP contribution in [-0.4, -0.2) is 36.5 Å². The number of imide groups is 1. The Kier molecular flexibility index (Phi) is 6.99. The lowest BCUT2D eigenvalue weighted by Crippen LogP contribution is -2.40. The summed E-state index contributed by atoms with van der Waals surface area (Å²) in [6, 6.07) is 18.9. The van der Waals surface area contributed by atoms with Crippen molar-refractivity contribution >= 4 is 11.9 Å². The van der Waals surface area contributed by atoms with Crippen molar-refractivity contribution in [3.8, 4) is 0 Å². The maximum absolute atomic E-state index is 11.9. The molecule has 1 fully saturated rings. The van der Waals surface area contributed by atoms with Crippen molar-refractivity contribution in [1.29, 1.82) is 0 Å². The van der Waals surface area contributed by atoms with E-state index in [9.17, 15) is 9.59 Å². The van der Waals surface area contributed by atoms with Gasteiger partial charge in [-0.1, -0.05) is 48.5 Å². The molecule has 1 aliphatic heterocycles. The molecule has 0 saturated carbocycles. The summed E-state index contributed by atoms with van der Waals surface area (Å²) in [7, 11) is 0. The van der Waals surface area contributed by atoms with E-state index in [1.165, 1.54) is 5.56 Å². The Morgan fingerprint density at radius 2 is 1.56 bits per heavy atom. The molecule has 3 rings (SSSR count). The first kappa shape index (κ1) is 19.1. The zero-order chi connectivity index (χ0) is 18.9. The molecule has 2 aromatic rings. The molecular formula is C22H27N3O2. The number of nitrogens with one attached hydrogen (secondary N) is 2. The van der Waals surface area contributed by atoms with Crippen LogP contribution in [0.3, 0.4) is 0 Å². The lowest BCUT2D eigenvalue weighted by molar-refractivity contribution is 0.0964. The predicted octanol–water partition coefficient (Wildman–Crippen LogP) is 3.43. The van der Waals surface area contributed by atoms with Gasteiger partial charge in [0.1, 0.15) is 0 Å². The predicted molar refractivity (Wildman–Crippen MR) is 106 cm³/mol. The summed E-state index contributed by atoms with van der Waals surface area (Å²) in [6.45, 7) is 3.80.